The Hall–Kier alpha value is -3.37. The molecule has 152 valence electrons. The second kappa shape index (κ2) is 7.57. The largest absolute Gasteiger partial charge is 0.435 e. The monoisotopic (exact) mass is 414 g/mol. The number of aromatic amines is 1. The number of anilines is 1. The van der Waals surface area contributed by atoms with Crippen molar-refractivity contribution in [2.75, 3.05) is 5.32 Å². The molecule has 0 aliphatic carbocycles. The topological polar surface area (TPSA) is 70.7 Å². The maximum absolute atomic E-state index is 13.7. The molecule has 5 nitrogen and oxygen atoms in total. The number of hydrogen-bond donors (Lipinski definition) is 2. The summed E-state index contributed by atoms with van der Waals surface area (Å²) < 4.78 is 79.3. The first-order valence-corrected chi connectivity index (χ1v) is 8.18. The van der Waals surface area contributed by atoms with Crippen LogP contribution in [-0.2, 0) is 12.6 Å². The lowest BCUT2D eigenvalue weighted by Gasteiger charge is -2.08. The van der Waals surface area contributed by atoms with E-state index in [-0.39, 0.29) is 29.1 Å². The molecule has 0 bridgehead atoms. The van der Waals surface area contributed by atoms with Gasteiger partial charge in [-0.2, -0.15) is 18.3 Å². The van der Waals surface area contributed by atoms with Gasteiger partial charge in [-0.05, 0) is 18.6 Å². The first-order valence-electron chi connectivity index (χ1n) is 8.18. The van der Waals surface area contributed by atoms with Crippen LogP contribution in [0.3, 0.4) is 0 Å². The fourth-order valence-corrected chi connectivity index (χ4v) is 2.74. The Balaban J connectivity index is 1.85. The van der Waals surface area contributed by atoms with Crippen molar-refractivity contribution in [1.29, 1.82) is 0 Å². The Morgan fingerprint density at radius 1 is 1.14 bits per heavy atom. The smallest absolute Gasteiger partial charge is 0.306 e. The molecule has 11 heteroatoms. The zero-order valence-corrected chi connectivity index (χ0v) is 14.7. The van der Waals surface area contributed by atoms with E-state index in [4.69, 9.17) is 0 Å². The molecule has 0 saturated carbocycles. The fraction of sp³-hybridized carbons (Fsp3) is 0.167. The SMILES string of the molecule is CCc1c(C(F)(F)F)n[nH]c1-c1ccc(NC(=O)c2c(F)cc(F)cc2F)nc1. The summed E-state index contributed by atoms with van der Waals surface area (Å²) in [5, 5.41) is 7.77. The molecule has 3 aromatic rings. The number of carbonyl (C=O) groups is 1. The van der Waals surface area contributed by atoms with Crippen molar-refractivity contribution in [3.8, 4) is 11.3 Å². The third-order valence-corrected chi connectivity index (χ3v) is 4.02. The summed E-state index contributed by atoms with van der Waals surface area (Å²) >= 11 is 0. The van der Waals surface area contributed by atoms with Gasteiger partial charge in [-0.15, -0.1) is 0 Å². The van der Waals surface area contributed by atoms with Gasteiger partial charge in [0.05, 0.1) is 5.69 Å². The first kappa shape index (κ1) is 20.4. The van der Waals surface area contributed by atoms with Gasteiger partial charge in [0.1, 0.15) is 28.8 Å². The second-order valence-corrected chi connectivity index (χ2v) is 5.91. The molecule has 0 atom stereocenters. The number of nitrogens with one attached hydrogen (secondary N) is 2. The van der Waals surface area contributed by atoms with E-state index in [1.807, 2.05) is 0 Å². The number of halogens is 6. The van der Waals surface area contributed by atoms with Gasteiger partial charge in [0, 0.05) is 29.5 Å². The van der Waals surface area contributed by atoms with Gasteiger partial charge in [0.25, 0.3) is 5.91 Å². The van der Waals surface area contributed by atoms with Crippen LogP contribution in [0.25, 0.3) is 11.3 Å². The molecule has 2 N–H and O–H groups in total. The number of benzene rings is 1. The van der Waals surface area contributed by atoms with Gasteiger partial charge >= 0.3 is 6.18 Å². The van der Waals surface area contributed by atoms with Crippen LogP contribution in [0.15, 0.2) is 30.5 Å². The van der Waals surface area contributed by atoms with E-state index in [0.29, 0.717) is 12.1 Å². The van der Waals surface area contributed by atoms with E-state index >= 15 is 0 Å². The van der Waals surface area contributed by atoms with Crippen molar-refractivity contribution in [3.63, 3.8) is 0 Å². The highest BCUT2D eigenvalue weighted by atomic mass is 19.4. The van der Waals surface area contributed by atoms with E-state index in [2.05, 4.69) is 20.5 Å². The van der Waals surface area contributed by atoms with Crippen LogP contribution < -0.4 is 5.32 Å². The summed E-state index contributed by atoms with van der Waals surface area (Å²) in [5.74, 6) is -5.27. The minimum atomic E-state index is -4.62. The Morgan fingerprint density at radius 3 is 2.31 bits per heavy atom. The summed E-state index contributed by atoms with van der Waals surface area (Å²) in [6.07, 6.45) is -3.40. The lowest BCUT2D eigenvalue weighted by molar-refractivity contribution is -0.141. The van der Waals surface area contributed by atoms with E-state index in [1.54, 1.807) is 0 Å². The Kier molecular flexibility index (Phi) is 5.31. The lowest BCUT2D eigenvalue weighted by atomic mass is 10.1. The number of H-pyrrole nitrogens is 1. The number of amides is 1. The molecular weight excluding hydrogens is 402 g/mol. The molecular formula is C18H12F6N4O. The molecule has 3 rings (SSSR count). The molecule has 2 heterocycles. The van der Waals surface area contributed by atoms with Crippen LogP contribution in [0.2, 0.25) is 0 Å². The summed E-state index contributed by atoms with van der Waals surface area (Å²) in [5.41, 5.74) is -1.70. The van der Waals surface area contributed by atoms with Crippen LogP contribution in [0.5, 0.6) is 0 Å². The Labute approximate surface area is 159 Å². The standard InChI is InChI=1S/C18H12F6N4O/c1-2-10-15(27-28-16(10)18(22,23)24)8-3-4-13(25-7-8)26-17(29)14-11(20)5-9(19)6-12(14)21/h3-7H,2H2,1H3,(H,27,28)(H,25,26,29). The number of nitrogens with zero attached hydrogens (tertiary/aromatic N) is 2. The van der Waals surface area contributed by atoms with Crippen molar-refractivity contribution in [2.24, 2.45) is 0 Å². The van der Waals surface area contributed by atoms with Crippen LogP contribution in [0.4, 0.5) is 32.2 Å². The molecule has 1 aromatic carbocycles. The van der Waals surface area contributed by atoms with E-state index in [9.17, 15) is 31.1 Å². The minimum Gasteiger partial charge on any atom is -0.306 e. The van der Waals surface area contributed by atoms with Gasteiger partial charge in [-0.3, -0.25) is 9.89 Å². The van der Waals surface area contributed by atoms with Crippen LogP contribution >= 0.6 is 0 Å². The van der Waals surface area contributed by atoms with Gasteiger partial charge in [-0.25, -0.2) is 18.2 Å². The number of rotatable bonds is 4. The highest BCUT2D eigenvalue weighted by Crippen LogP contribution is 2.35. The molecule has 0 fully saturated rings. The highest BCUT2D eigenvalue weighted by molar-refractivity contribution is 6.04. The molecule has 1 amide bonds. The van der Waals surface area contributed by atoms with Crippen molar-refractivity contribution in [2.45, 2.75) is 19.5 Å². The number of alkyl halides is 3. The number of pyridine rings is 1. The maximum Gasteiger partial charge on any atom is 0.435 e. The summed E-state index contributed by atoms with van der Waals surface area (Å²) in [7, 11) is 0. The molecule has 0 saturated heterocycles. The predicted octanol–water partition coefficient (Wildman–Crippen LogP) is 4.72. The summed E-state index contributed by atoms with van der Waals surface area (Å²) in [4.78, 5) is 15.9. The third kappa shape index (κ3) is 4.08. The zero-order valence-electron chi connectivity index (χ0n) is 14.7. The quantitative estimate of drug-likeness (QED) is 0.607. The number of aromatic nitrogens is 3. The van der Waals surface area contributed by atoms with Crippen molar-refractivity contribution >= 4 is 11.7 Å². The summed E-state index contributed by atoms with van der Waals surface area (Å²) in [6.45, 7) is 1.54. The molecule has 0 aliphatic rings. The Morgan fingerprint density at radius 2 is 1.79 bits per heavy atom. The fourth-order valence-electron chi connectivity index (χ4n) is 2.74. The molecule has 0 unspecified atom stereocenters. The van der Waals surface area contributed by atoms with Crippen LogP contribution in [0, 0.1) is 17.5 Å². The van der Waals surface area contributed by atoms with Gasteiger partial charge in [-0.1, -0.05) is 6.92 Å². The average molecular weight is 414 g/mol. The van der Waals surface area contributed by atoms with Crippen LogP contribution in [0.1, 0.15) is 28.5 Å². The van der Waals surface area contributed by atoms with Gasteiger partial charge in [0.2, 0.25) is 0 Å². The molecule has 0 radical (unpaired) electrons. The molecule has 0 aliphatic heterocycles. The van der Waals surface area contributed by atoms with Crippen molar-refractivity contribution in [3.05, 3.63) is 64.7 Å². The first-order chi connectivity index (χ1) is 13.6. The van der Waals surface area contributed by atoms with Gasteiger partial charge in [0.15, 0.2) is 5.69 Å². The van der Waals surface area contributed by atoms with E-state index in [0.717, 1.165) is 0 Å². The summed E-state index contributed by atoms with van der Waals surface area (Å²) in [6, 6.07) is 3.31. The molecule has 0 spiro atoms. The Bertz CT molecular complexity index is 1040. The van der Waals surface area contributed by atoms with E-state index in [1.165, 1.54) is 25.3 Å². The third-order valence-electron chi connectivity index (χ3n) is 4.02. The van der Waals surface area contributed by atoms with Crippen LogP contribution in [-0.4, -0.2) is 21.1 Å². The predicted molar refractivity (Wildman–Crippen MR) is 90.5 cm³/mol. The molecule has 2 aromatic heterocycles. The number of carbonyl (C=O) groups excluding carboxylic acids is 1. The maximum atomic E-state index is 13.7. The van der Waals surface area contributed by atoms with Crippen molar-refractivity contribution in [1.82, 2.24) is 15.2 Å². The number of hydrogen-bond acceptors (Lipinski definition) is 3. The van der Waals surface area contributed by atoms with Gasteiger partial charge < -0.3 is 5.32 Å². The second-order valence-electron chi connectivity index (χ2n) is 5.91. The molecule has 29 heavy (non-hydrogen) atoms. The zero-order chi connectivity index (χ0) is 21.3. The average Bonchev–Trinajstić information content (AvgIpc) is 3.06. The normalized spacial score (nSPS) is 11.6. The van der Waals surface area contributed by atoms with E-state index < -0.39 is 40.8 Å². The highest BCUT2D eigenvalue weighted by Gasteiger charge is 2.37. The lowest BCUT2D eigenvalue weighted by Crippen LogP contribution is -2.17. The minimum absolute atomic E-state index is 0.0495. The van der Waals surface area contributed by atoms with Crippen molar-refractivity contribution < 1.29 is 31.1 Å².